The molecule has 1 amide bonds. The van der Waals surface area contributed by atoms with Gasteiger partial charge in [-0.25, -0.2) is 0 Å². The molecule has 0 fully saturated rings. The average molecular weight is 527 g/mol. The number of benzene rings is 3. The van der Waals surface area contributed by atoms with Crippen molar-refractivity contribution in [3.8, 4) is 5.75 Å². The number of thioether (sulfide) groups is 1. The Kier molecular flexibility index (Phi) is 7.32. The van der Waals surface area contributed by atoms with Crippen molar-refractivity contribution in [1.29, 1.82) is 0 Å². The van der Waals surface area contributed by atoms with Gasteiger partial charge >= 0.3 is 0 Å². The normalized spacial score (nSPS) is 16.7. The number of fused-ring (bicyclic) bond motifs is 2. The van der Waals surface area contributed by atoms with Gasteiger partial charge in [0.15, 0.2) is 0 Å². The molecule has 0 bridgehead atoms. The van der Waals surface area contributed by atoms with Crippen LogP contribution >= 0.6 is 11.8 Å². The molecule has 0 saturated carbocycles. The number of nitrogen functional groups attached to an aromatic ring is 1. The molecule has 1 unspecified atom stereocenters. The van der Waals surface area contributed by atoms with E-state index < -0.39 is 0 Å². The first-order valence-corrected chi connectivity index (χ1v) is 14.7. The predicted octanol–water partition coefficient (Wildman–Crippen LogP) is 7.98. The molecule has 0 aliphatic carbocycles. The first-order chi connectivity index (χ1) is 18.2. The van der Waals surface area contributed by atoms with Gasteiger partial charge in [-0.05, 0) is 103 Å². The lowest BCUT2D eigenvalue weighted by atomic mass is 9.88. The van der Waals surface area contributed by atoms with Crippen LogP contribution in [-0.2, 0) is 11.2 Å². The largest absolute Gasteiger partial charge is 0.490 e. The molecule has 0 saturated heterocycles. The number of nitrogens with two attached hydrogens (primary N) is 1. The van der Waals surface area contributed by atoms with Crippen LogP contribution in [0.2, 0.25) is 0 Å². The molecule has 38 heavy (non-hydrogen) atoms. The Hall–Kier alpha value is -3.18. The van der Waals surface area contributed by atoms with Crippen LogP contribution in [0.1, 0.15) is 76.1 Å². The van der Waals surface area contributed by atoms with Crippen LogP contribution in [0.15, 0.2) is 65.6 Å². The molecule has 5 heteroatoms. The van der Waals surface area contributed by atoms with Crippen LogP contribution in [0.4, 0.5) is 11.4 Å². The molecule has 0 spiro atoms. The zero-order chi connectivity index (χ0) is 27.0. The first-order valence-electron chi connectivity index (χ1n) is 13.7. The predicted molar refractivity (Wildman–Crippen MR) is 161 cm³/mol. The molecule has 2 heterocycles. The molecule has 1 atom stereocenters. The zero-order valence-electron chi connectivity index (χ0n) is 23.1. The Bertz CT molecular complexity index is 1390. The highest BCUT2D eigenvalue weighted by Crippen LogP contribution is 2.47. The van der Waals surface area contributed by atoms with Crippen LogP contribution in [0.25, 0.3) is 11.1 Å². The molecule has 0 aromatic heterocycles. The number of nitrogens with zero attached hydrogens (tertiary/aromatic N) is 1. The van der Waals surface area contributed by atoms with Gasteiger partial charge in [-0.15, -0.1) is 11.8 Å². The molecule has 5 rings (SSSR count). The third kappa shape index (κ3) is 4.96. The Morgan fingerprint density at radius 3 is 2.47 bits per heavy atom. The van der Waals surface area contributed by atoms with Gasteiger partial charge in [-0.1, -0.05) is 44.5 Å². The van der Waals surface area contributed by atoms with Crippen molar-refractivity contribution < 1.29 is 9.53 Å². The lowest BCUT2D eigenvalue weighted by Crippen LogP contribution is -2.44. The van der Waals surface area contributed by atoms with E-state index in [-0.39, 0.29) is 17.6 Å². The molecule has 4 nitrogen and oxygen atoms in total. The van der Waals surface area contributed by atoms with Crippen molar-refractivity contribution in [2.45, 2.75) is 76.8 Å². The van der Waals surface area contributed by atoms with Crippen LogP contribution in [0.5, 0.6) is 5.75 Å². The van der Waals surface area contributed by atoms with Crippen molar-refractivity contribution in [1.82, 2.24) is 0 Å². The summed E-state index contributed by atoms with van der Waals surface area (Å²) in [5, 5.41) is 0. The van der Waals surface area contributed by atoms with Gasteiger partial charge in [0.25, 0.3) is 0 Å². The monoisotopic (exact) mass is 526 g/mol. The number of carbonyl (C=O) groups excluding carboxylic acids is 1. The summed E-state index contributed by atoms with van der Waals surface area (Å²) < 4.78 is 6.27. The first kappa shape index (κ1) is 26.4. The molecule has 2 aliphatic rings. The number of hydrogen-bond donors (Lipinski definition) is 1. The van der Waals surface area contributed by atoms with Gasteiger partial charge < -0.3 is 15.4 Å². The molecule has 0 radical (unpaired) electrons. The second kappa shape index (κ2) is 10.5. The van der Waals surface area contributed by atoms with Gasteiger partial charge in [-0.3, -0.25) is 4.79 Å². The highest BCUT2D eigenvalue weighted by atomic mass is 32.2. The van der Waals surface area contributed by atoms with E-state index in [1.165, 1.54) is 38.3 Å². The average Bonchev–Trinajstić information content (AvgIpc) is 3.17. The summed E-state index contributed by atoms with van der Waals surface area (Å²) in [4.78, 5) is 15.6. The van der Waals surface area contributed by atoms with Gasteiger partial charge in [0.2, 0.25) is 5.91 Å². The Morgan fingerprint density at radius 2 is 1.79 bits per heavy atom. The molecule has 3 aromatic carbocycles. The second-order valence-electron chi connectivity index (χ2n) is 11.0. The standard InChI is InChI=1S/C33H38N2O2S/c1-6-8-26(7-2)37-27-13-9-22(10-14-27)32-28-15-12-25(34)18-31(28)38-20-29(32)23-11-16-30-24(17-23)19-33(4,5)35(30)21(3)36/h9-18,26H,6-8,19-20,34H2,1-5H3. The minimum Gasteiger partial charge on any atom is -0.490 e. The summed E-state index contributed by atoms with van der Waals surface area (Å²) in [7, 11) is 0. The van der Waals surface area contributed by atoms with E-state index in [0.29, 0.717) is 0 Å². The maximum Gasteiger partial charge on any atom is 0.224 e. The van der Waals surface area contributed by atoms with E-state index >= 15 is 0 Å². The van der Waals surface area contributed by atoms with Gasteiger partial charge in [0.1, 0.15) is 5.75 Å². The fraction of sp³-hybridized carbons (Fsp3) is 0.364. The van der Waals surface area contributed by atoms with E-state index in [1.54, 1.807) is 6.92 Å². The number of rotatable bonds is 7. The van der Waals surface area contributed by atoms with Crippen LogP contribution in [0, 0.1) is 0 Å². The summed E-state index contributed by atoms with van der Waals surface area (Å²) in [5.74, 6) is 1.87. The quantitative estimate of drug-likeness (QED) is 0.317. The maximum absolute atomic E-state index is 12.5. The fourth-order valence-electron chi connectivity index (χ4n) is 5.97. The maximum atomic E-state index is 12.5. The number of anilines is 2. The fourth-order valence-corrected chi connectivity index (χ4v) is 7.12. The molecular weight excluding hydrogens is 488 g/mol. The molecule has 2 N–H and O–H groups in total. The lowest BCUT2D eigenvalue weighted by molar-refractivity contribution is -0.117. The summed E-state index contributed by atoms with van der Waals surface area (Å²) in [6.45, 7) is 10.3. The van der Waals surface area contributed by atoms with Crippen molar-refractivity contribution in [2.24, 2.45) is 0 Å². The Morgan fingerprint density at radius 1 is 1.05 bits per heavy atom. The number of amides is 1. The molecule has 198 valence electrons. The summed E-state index contributed by atoms with van der Waals surface area (Å²) >= 11 is 1.84. The van der Waals surface area contributed by atoms with Crippen molar-refractivity contribution >= 4 is 40.2 Å². The minimum atomic E-state index is -0.223. The van der Waals surface area contributed by atoms with Gasteiger partial charge in [-0.2, -0.15) is 0 Å². The number of ether oxygens (including phenoxy) is 1. The molecular formula is C33H38N2O2S. The molecule has 3 aromatic rings. The number of hydrogen-bond acceptors (Lipinski definition) is 4. The van der Waals surface area contributed by atoms with Crippen LogP contribution in [0.3, 0.4) is 0 Å². The topological polar surface area (TPSA) is 55.6 Å². The van der Waals surface area contributed by atoms with E-state index in [9.17, 15) is 4.79 Å². The van der Waals surface area contributed by atoms with E-state index in [0.717, 1.165) is 48.6 Å². The third-order valence-electron chi connectivity index (χ3n) is 7.67. The van der Waals surface area contributed by atoms with Crippen molar-refractivity contribution in [3.63, 3.8) is 0 Å². The van der Waals surface area contributed by atoms with Gasteiger partial charge in [0, 0.05) is 34.5 Å². The summed E-state index contributed by atoms with van der Waals surface area (Å²) in [6, 6.07) is 21.4. The van der Waals surface area contributed by atoms with Crippen LogP contribution < -0.4 is 15.4 Å². The van der Waals surface area contributed by atoms with Crippen molar-refractivity contribution in [3.05, 3.63) is 82.9 Å². The third-order valence-corrected chi connectivity index (χ3v) is 8.75. The minimum absolute atomic E-state index is 0.0905. The highest BCUT2D eigenvalue weighted by molar-refractivity contribution is 7.99. The van der Waals surface area contributed by atoms with Crippen LogP contribution in [-0.4, -0.2) is 23.3 Å². The lowest BCUT2D eigenvalue weighted by Gasteiger charge is -2.31. The smallest absolute Gasteiger partial charge is 0.224 e. The number of carbonyl (C=O) groups is 1. The van der Waals surface area contributed by atoms with E-state index in [1.807, 2.05) is 22.7 Å². The second-order valence-corrected chi connectivity index (χ2v) is 12.1. The highest BCUT2D eigenvalue weighted by Gasteiger charge is 2.38. The Balaban J connectivity index is 1.59. The van der Waals surface area contributed by atoms with Crippen molar-refractivity contribution in [2.75, 3.05) is 16.4 Å². The summed E-state index contributed by atoms with van der Waals surface area (Å²) in [6.07, 6.45) is 4.29. The SMILES string of the molecule is CCCC(CC)Oc1ccc(C2=C(c3ccc4c(c3)CC(C)(C)N4C(C)=O)CSc3cc(N)ccc32)cc1. The van der Waals surface area contributed by atoms with E-state index in [4.69, 9.17) is 10.5 Å². The zero-order valence-corrected chi connectivity index (χ0v) is 24.0. The summed E-state index contributed by atoms with van der Waals surface area (Å²) in [5.41, 5.74) is 15.1. The Labute approximate surface area is 231 Å². The van der Waals surface area contributed by atoms with Gasteiger partial charge in [0.05, 0.1) is 6.10 Å². The van der Waals surface area contributed by atoms with E-state index in [2.05, 4.69) is 82.3 Å². The molecule has 2 aliphatic heterocycles.